The van der Waals surface area contributed by atoms with E-state index < -0.39 is 36.4 Å². The number of imidazole rings is 1. The van der Waals surface area contributed by atoms with Gasteiger partial charge >= 0.3 is 5.97 Å². The van der Waals surface area contributed by atoms with Crippen LogP contribution in [0, 0.1) is 0 Å². The SMILES string of the molecule is CCNC(=O)[C@H]1O[C@@H](n2cnc3c(N)nc(NCCc4ccc(CCC(=O)O)cc4)nc32)[C@@H](O)[C@@H]1O. The molecule has 1 aromatic carbocycles. The van der Waals surface area contributed by atoms with E-state index in [4.69, 9.17) is 15.6 Å². The highest BCUT2D eigenvalue weighted by molar-refractivity contribution is 5.83. The van der Waals surface area contributed by atoms with E-state index >= 15 is 0 Å². The lowest BCUT2D eigenvalue weighted by molar-refractivity contribution is -0.138. The average Bonchev–Trinajstić information content (AvgIpc) is 3.40. The number of aliphatic hydroxyl groups is 2. The maximum atomic E-state index is 12.2. The first kappa shape index (κ1) is 25.3. The van der Waals surface area contributed by atoms with Crippen molar-refractivity contribution in [2.45, 2.75) is 50.7 Å². The van der Waals surface area contributed by atoms with E-state index in [0.29, 0.717) is 31.4 Å². The Morgan fingerprint density at radius 2 is 1.81 bits per heavy atom. The van der Waals surface area contributed by atoms with Crippen LogP contribution in [0.5, 0.6) is 0 Å². The molecule has 3 heterocycles. The minimum absolute atomic E-state index is 0.0905. The number of rotatable bonds is 10. The number of hydrogen-bond donors (Lipinski definition) is 6. The summed E-state index contributed by atoms with van der Waals surface area (Å²) in [6, 6.07) is 7.71. The third kappa shape index (κ3) is 5.37. The summed E-state index contributed by atoms with van der Waals surface area (Å²) in [4.78, 5) is 35.8. The van der Waals surface area contributed by atoms with Crippen molar-refractivity contribution in [3.63, 3.8) is 0 Å². The number of carbonyl (C=O) groups is 2. The van der Waals surface area contributed by atoms with Crippen molar-refractivity contribution in [1.82, 2.24) is 24.8 Å². The minimum atomic E-state index is -1.42. The summed E-state index contributed by atoms with van der Waals surface area (Å²) in [6.45, 7) is 2.59. The number of aliphatic hydroxyl groups excluding tert-OH is 2. The van der Waals surface area contributed by atoms with Crippen LogP contribution in [0.4, 0.5) is 11.8 Å². The fourth-order valence-electron chi connectivity index (χ4n) is 4.03. The van der Waals surface area contributed by atoms with Gasteiger partial charge in [0, 0.05) is 19.5 Å². The molecule has 2 aromatic heterocycles. The van der Waals surface area contributed by atoms with Crippen molar-refractivity contribution in [3.8, 4) is 0 Å². The normalized spacial score (nSPS) is 21.5. The van der Waals surface area contributed by atoms with E-state index in [-0.39, 0.29) is 23.8 Å². The van der Waals surface area contributed by atoms with Crippen LogP contribution in [0.2, 0.25) is 0 Å². The smallest absolute Gasteiger partial charge is 0.303 e. The molecule has 1 aliphatic rings. The topological polar surface area (TPSA) is 198 Å². The van der Waals surface area contributed by atoms with Crippen LogP contribution in [-0.4, -0.2) is 78.1 Å². The maximum Gasteiger partial charge on any atom is 0.303 e. The monoisotopic (exact) mass is 499 g/mol. The number of anilines is 2. The van der Waals surface area contributed by atoms with Gasteiger partial charge in [-0.3, -0.25) is 14.2 Å². The summed E-state index contributed by atoms with van der Waals surface area (Å²) in [7, 11) is 0. The zero-order valence-electron chi connectivity index (χ0n) is 19.7. The second-order valence-corrected chi connectivity index (χ2v) is 8.47. The van der Waals surface area contributed by atoms with E-state index in [2.05, 4.69) is 25.6 Å². The number of fused-ring (bicyclic) bond motifs is 1. The van der Waals surface area contributed by atoms with Gasteiger partial charge in [-0.05, 0) is 30.9 Å². The molecule has 36 heavy (non-hydrogen) atoms. The van der Waals surface area contributed by atoms with E-state index in [1.54, 1.807) is 6.92 Å². The van der Waals surface area contributed by atoms with Gasteiger partial charge in [0.2, 0.25) is 5.95 Å². The summed E-state index contributed by atoms with van der Waals surface area (Å²) in [5.74, 6) is -0.985. The Morgan fingerprint density at radius 1 is 1.11 bits per heavy atom. The predicted molar refractivity (Wildman–Crippen MR) is 129 cm³/mol. The molecule has 13 heteroatoms. The molecule has 0 bridgehead atoms. The van der Waals surface area contributed by atoms with Crippen molar-refractivity contribution in [1.29, 1.82) is 0 Å². The van der Waals surface area contributed by atoms with Gasteiger partial charge in [-0.25, -0.2) is 4.98 Å². The second-order valence-electron chi connectivity index (χ2n) is 8.47. The lowest BCUT2D eigenvalue weighted by atomic mass is 10.1. The molecule has 13 nitrogen and oxygen atoms in total. The molecule has 3 aromatic rings. The predicted octanol–water partition coefficient (Wildman–Crippen LogP) is -0.164. The van der Waals surface area contributed by atoms with E-state index in [1.165, 1.54) is 10.9 Å². The number of hydrogen-bond acceptors (Lipinski definition) is 10. The van der Waals surface area contributed by atoms with Gasteiger partial charge in [-0.2, -0.15) is 9.97 Å². The van der Waals surface area contributed by atoms with Gasteiger partial charge < -0.3 is 36.4 Å². The number of nitrogen functional groups attached to an aromatic ring is 1. The number of likely N-dealkylation sites (N-methyl/N-ethyl adjacent to an activating group) is 1. The zero-order chi connectivity index (χ0) is 25.8. The number of carboxylic acid groups (broad SMARTS) is 1. The summed E-state index contributed by atoms with van der Waals surface area (Å²) in [5.41, 5.74) is 8.65. The summed E-state index contributed by atoms with van der Waals surface area (Å²) >= 11 is 0. The first-order valence-electron chi connectivity index (χ1n) is 11.6. The van der Waals surface area contributed by atoms with Crippen LogP contribution in [0.1, 0.15) is 30.7 Å². The molecule has 192 valence electrons. The Morgan fingerprint density at radius 3 is 2.47 bits per heavy atom. The number of aryl methyl sites for hydroxylation is 1. The highest BCUT2D eigenvalue weighted by atomic mass is 16.6. The number of aromatic nitrogens is 4. The molecule has 1 amide bonds. The highest BCUT2D eigenvalue weighted by Gasteiger charge is 2.47. The Kier molecular flexibility index (Phi) is 7.62. The molecule has 7 N–H and O–H groups in total. The quantitative estimate of drug-likeness (QED) is 0.217. The molecule has 0 unspecified atom stereocenters. The molecular weight excluding hydrogens is 470 g/mol. The van der Waals surface area contributed by atoms with Gasteiger partial charge in [-0.1, -0.05) is 24.3 Å². The number of nitrogens with zero attached hydrogens (tertiary/aromatic N) is 4. The molecule has 0 spiro atoms. The van der Waals surface area contributed by atoms with Crippen molar-refractivity contribution < 1.29 is 29.6 Å². The molecular formula is C23H29N7O6. The third-order valence-electron chi connectivity index (χ3n) is 5.92. The van der Waals surface area contributed by atoms with Crippen molar-refractivity contribution in [3.05, 3.63) is 41.7 Å². The van der Waals surface area contributed by atoms with Gasteiger partial charge in [0.15, 0.2) is 23.8 Å². The van der Waals surface area contributed by atoms with Crippen LogP contribution in [0.25, 0.3) is 11.2 Å². The lowest BCUT2D eigenvalue weighted by Gasteiger charge is -2.16. The van der Waals surface area contributed by atoms with E-state index in [1.807, 2.05) is 24.3 Å². The van der Waals surface area contributed by atoms with Gasteiger partial charge in [0.05, 0.1) is 6.33 Å². The number of amides is 1. The molecule has 0 aliphatic carbocycles. The van der Waals surface area contributed by atoms with Crippen molar-refractivity contribution in [2.75, 3.05) is 24.1 Å². The first-order valence-corrected chi connectivity index (χ1v) is 11.6. The van der Waals surface area contributed by atoms with Crippen molar-refractivity contribution >= 4 is 34.8 Å². The molecule has 0 saturated carbocycles. The first-order chi connectivity index (χ1) is 17.3. The van der Waals surface area contributed by atoms with Crippen LogP contribution < -0.4 is 16.4 Å². The number of ether oxygens (including phenoxy) is 1. The maximum absolute atomic E-state index is 12.2. The van der Waals surface area contributed by atoms with E-state index in [0.717, 1.165) is 11.1 Å². The molecule has 1 fully saturated rings. The Balaban J connectivity index is 1.45. The molecule has 1 saturated heterocycles. The van der Waals surface area contributed by atoms with Gasteiger partial charge in [0.1, 0.15) is 17.7 Å². The minimum Gasteiger partial charge on any atom is -0.481 e. The number of benzene rings is 1. The number of carboxylic acids is 1. The van der Waals surface area contributed by atoms with Crippen molar-refractivity contribution in [2.24, 2.45) is 0 Å². The van der Waals surface area contributed by atoms with Crippen LogP contribution in [0.3, 0.4) is 0 Å². The molecule has 0 radical (unpaired) electrons. The Hall–Kier alpha value is -3.81. The van der Waals surface area contributed by atoms with Gasteiger partial charge in [-0.15, -0.1) is 0 Å². The zero-order valence-corrected chi connectivity index (χ0v) is 19.7. The number of carbonyl (C=O) groups excluding carboxylic acids is 1. The number of nitrogens with one attached hydrogen (secondary N) is 2. The Labute approximate surface area is 206 Å². The Bertz CT molecular complexity index is 1230. The molecule has 1 aliphatic heterocycles. The fourth-order valence-corrected chi connectivity index (χ4v) is 4.03. The number of nitrogens with two attached hydrogens (primary N) is 1. The van der Waals surface area contributed by atoms with Gasteiger partial charge in [0.25, 0.3) is 5.91 Å². The largest absolute Gasteiger partial charge is 0.481 e. The highest BCUT2D eigenvalue weighted by Crippen LogP contribution is 2.32. The average molecular weight is 500 g/mol. The van der Waals surface area contributed by atoms with Crippen LogP contribution >= 0.6 is 0 Å². The third-order valence-corrected chi connectivity index (χ3v) is 5.92. The summed E-state index contributed by atoms with van der Waals surface area (Å²) < 4.78 is 7.09. The van der Waals surface area contributed by atoms with Crippen LogP contribution in [0.15, 0.2) is 30.6 Å². The second kappa shape index (κ2) is 10.8. The summed E-state index contributed by atoms with van der Waals surface area (Å²) in [6.07, 6.45) is -2.56. The van der Waals surface area contributed by atoms with Crippen LogP contribution in [-0.2, 0) is 27.2 Å². The summed E-state index contributed by atoms with van der Waals surface area (Å²) in [5, 5.41) is 35.4. The number of aliphatic carboxylic acids is 1. The molecule has 4 atom stereocenters. The molecule has 4 rings (SSSR count). The lowest BCUT2D eigenvalue weighted by Crippen LogP contribution is -2.42. The standard InChI is InChI=1S/C23H29N7O6/c1-2-25-21(35)18-16(33)17(34)22(36-18)30-11-27-15-19(24)28-23(29-20(15)30)26-10-9-13-5-3-12(4-6-13)7-8-14(31)32/h3-6,11,16-18,22,33-34H,2,7-10H2,1H3,(H,25,35)(H,31,32)(H3,24,26,28,29)/t16-,17-,18-,22+/m0/s1. The fraction of sp³-hybridized carbons (Fsp3) is 0.435. The van der Waals surface area contributed by atoms with E-state index in [9.17, 15) is 19.8 Å².